The molecule has 0 bridgehead atoms. The van der Waals surface area contributed by atoms with Gasteiger partial charge in [0.05, 0.1) is 18.8 Å². The predicted octanol–water partition coefficient (Wildman–Crippen LogP) is 11.5. The van der Waals surface area contributed by atoms with Crippen LogP contribution < -0.4 is 0 Å². The van der Waals surface area contributed by atoms with Gasteiger partial charge in [-0.3, -0.25) is 0 Å². The lowest BCUT2D eigenvalue weighted by Crippen LogP contribution is -2.41. The molecular weight excluding hydrogens is 581 g/mol. The van der Waals surface area contributed by atoms with E-state index in [0.717, 1.165) is 32.1 Å². The zero-order chi connectivity index (χ0) is 32.7. The van der Waals surface area contributed by atoms with Crippen molar-refractivity contribution in [3.8, 4) is 0 Å². The Balaban J connectivity index is 2.23. The lowest BCUT2D eigenvalue weighted by Gasteiger charge is -2.37. The summed E-state index contributed by atoms with van der Waals surface area (Å²) in [5.41, 5.74) is 5.87. The third-order valence-electron chi connectivity index (χ3n) is 10.0. The van der Waals surface area contributed by atoms with Crippen LogP contribution in [0.1, 0.15) is 109 Å². The highest BCUT2D eigenvalue weighted by Crippen LogP contribution is 2.39. The molecule has 0 atom stereocenters. The molecular formula is C37H62O3SSi2. The van der Waals surface area contributed by atoms with Crippen molar-refractivity contribution >= 4 is 33.5 Å². The number of aliphatic hydroxyl groups is 1. The average Bonchev–Trinajstić information content (AvgIpc) is 3.40. The highest BCUT2D eigenvalue weighted by Gasteiger charge is 2.38. The van der Waals surface area contributed by atoms with E-state index in [9.17, 15) is 5.11 Å². The smallest absolute Gasteiger partial charge is 0.192 e. The van der Waals surface area contributed by atoms with Crippen molar-refractivity contribution in [2.24, 2.45) is 0 Å². The van der Waals surface area contributed by atoms with Crippen LogP contribution in [-0.4, -0.2) is 27.3 Å². The monoisotopic (exact) mass is 642 g/mol. The first-order chi connectivity index (χ1) is 19.8. The largest absolute Gasteiger partial charge is 0.413 e. The van der Waals surface area contributed by atoms with E-state index in [2.05, 4.69) is 110 Å². The number of allylic oxidation sites excluding steroid dienone is 3. The minimum absolute atomic E-state index is 0.174. The molecule has 3 nitrogen and oxygen atoms in total. The molecule has 0 saturated carbocycles. The SMILES string of the molecule is CC/C(=C\C=C\C(O)(CC)CC)c1cc(CCc2ccc(CO[Si](C)(C)C(C)(C)C)c(CO[Si](C)(C)C(C)(C)C)c2)cs1. The normalized spacial score (nSPS) is 14.2. The van der Waals surface area contributed by atoms with E-state index in [0.29, 0.717) is 13.2 Å². The summed E-state index contributed by atoms with van der Waals surface area (Å²) >= 11 is 1.82. The molecule has 1 aromatic carbocycles. The van der Waals surface area contributed by atoms with Crippen molar-refractivity contribution in [2.45, 2.75) is 149 Å². The summed E-state index contributed by atoms with van der Waals surface area (Å²) in [6.07, 6.45) is 10.6. The summed E-state index contributed by atoms with van der Waals surface area (Å²) < 4.78 is 13.4. The first kappa shape index (κ1) is 37.9. The fourth-order valence-corrected chi connectivity index (χ4v) is 7.17. The molecule has 43 heavy (non-hydrogen) atoms. The lowest BCUT2D eigenvalue weighted by molar-refractivity contribution is 0.0828. The van der Waals surface area contributed by atoms with Gasteiger partial charge in [0.25, 0.3) is 0 Å². The van der Waals surface area contributed by atoms with Crippen LogP contribution in [0, 0.1) is 0 Å². The molecule has 242 valence electrons. The van der Waals surface area contributed by atoms with Gasteiger partial charge in [-0.15, -0.1) is 11.3 Å². The zero-order valence-electron chi connectivity index (χ0n) is 29.7. The molecule has 6 heteroatoms. The van der Waals surface area contributed by atoms with Crippen molar-refractivity contribution in [1.29, 1.82) is 0 Å². The molecule has 0 aliphatic heterocycles. The molecule has 1 aromatic heterocycles. The molecule has 0 saturated heterocycles. The van der Waals surface area contributed by atoms with Gasteiger partial charge in [0.2, 0.25) is 0 Å². The molecule has 2 aromatic rings. The number of benzene rings is 1. The number of hydrogen-bond acceptors (Lipinski definition) is 4. The van der Waals surface area contributed by atoms with E-state index in [-0.39, 0.29) is 10.1 Å². The Bertz CT molecular complexity index is 1220. The van der Waals surface area contributed by atoms with Crippen LogP contribution in [0.25, 0.3) is 5.57 Å². The molecule has 0 spiro atoms. The van der Waals surface area contributed by atoms with Gasteiger partial charge in [0.15, 0.2) is 16.6 Å². The Morgan fingerprint density at radius 3 is 1.84 bits per heavy atom. The molecule has 0 fully saturated rings. The highest BCUT2D eigenvalue weighted by atomic mass is 32.1. The average molecular weight is 643 g/mol. The van der Waals surface area contributed by atoms with E-state index in [1.165, 1.54) is 32.7 Å². The van der Waals surface area contributed by atoms with Gasteiger partial charge < -0.3 is 14.0 Å². The van der Waals surface area contributed by atoms with Crippen LogP contribution in [0.2, 0.25) is 36.3 Å². The van der Waals surface area contributed by atoms with Gasteiger partial charge in [-0.05, 0) is 108 Å². The number of aryl methyl sites for hydroxylation is 2. The van der Waals surface area contributed by atoms with Crippen molar-refractivity contribution in [3.63, 3.8) is 0 Å². The quantitative estimate of drug-likeness (QED) is 0.155. The molecule has 1 N–H and O–H groups in total. The van der Waals surface area contributed by atoms with Gasteiger partial charge in [-0.25, -0.2) is 0 Å². The lowest BCUT2D eigenvalue weighted by atomic mass is 9.96. The van der Waals surface area contributed by atoms with Crippen LogP contribution in [0.3, 0.4) is 0 Å². The molecule has 2 rings (SSSR count). The van der Waals surface area contributed by atoms with Gasteiger partial charge in [-0.2, -0.15) is 0 Å². The fraction of sp³-hybridized carbons (Fsp3) is 0.622. The summed E-state index contributed by atoms with van der Waals surface area (Å²) in [6, 6.07) is 9.29. The summed E-state index contributed by atoms with van der Waals surface area (Å²) in [6.45, 7) is 30.7. The fourth-order valence-electron chi connectivity index (χ4n) is 4.23. The molecule has 0 amide bonds. The Morgan fingerprint density at radius 2 is 1.33 bits per heavy atom. The summed E-state index contributed by atoms with van der Waals surface area (Å²) in [5.74, 6) is 0. The van der Waals surface area contributed by atoms with Crippen LogP contribution in [0.5, 0.6) is 0 Å². The maximum absolute atomic E-state index is 10.6. The predicted molar refractivity (Wildman–Crippen MR) is 195 cm³/mol. The standard InChI is InChI=1S/C37H62O3SSi2/c1-14-31(18-17-23-37(38,15-2)16-3)34-25-30(28-41-34)20-19-29-21-22-32(26-39-42(10,11)35(4,5)6)33(24-29)27-40-43(12,13)36(7,8)9/h17-18,21-25,28,38H,14-16,19-20,26-27H2,1-13H3/b23-17+,31-18+. The van der Waals surface area contributed by atoms with Gasteiger partial charge >= 0.3 is 0 Å². The highest BCUT2D eigenvalue weighted by molar-refractivity contribution is 7.11. The minimum atomic E-state index is -1.88. The van der Waals surface area contributed by atoms with Crippen LogP contribution in [-0.2, 0) is 34.9 Å². The second-order valence-corrected chi connectivity index (χ2v) is 25.8. The van der Waals surface area contributed by atoms with Crippen molar-refractivity contribution < 1.29 is 14.0 Å². The Kier molecular flexibility index (Phi) is 13.5. The van der Waals surface area contributed by atoms with Crippen molar-refractivity contribution in [1.82, 2.24) is 0 Å². The summed E-state index contributed by atoms with van der Waals surface area (Å²) in [7, 11) is -3.74. The van der Waals surface area contributed by atoms with Crippen LogP contribution in [0.4, 0.5) is 0 Å². The van der Waals surface area contributed by atoms with Gasteiger partial charge in [-0.1, -0.05) is 98.7 Å². The van der Waals surface area contributed by atoms with Gasteiger partial charge in [0, 0.05) is 4.88 Å². The number of rotatable bonds is 15. The van der Waals surface area contributed by atoms with E-state index >= 15 is 0 Å². The maximum Gasteiger partial charge on any atom is 0.192 e. The topological polar surface area (TPSA) is 38.7 Å². The Labute approximate surface area is 271 Å². The van der Waals surface area contributed by atoms with E-state index in [1.807, 2.05) is 37.3 Å². The second-order valence-electron chi connectivity index (χ2n) is 15.2. The first-order valence-electron chi connectivity index (χ1n) is 16.3. The second kappa shape index (κ2) is 15.3. The molecule has 0 aliphatic rings. The molecule has 0 aliphatic carbocycles. The van der Waals surface area contributed by atoms with Crippen molar-refractivity contribution in [3.05, 3.63) is 75.0 Å². The Morgan fingerprint density at radius 1 is 0.791 bits per heavy atom. The number of thiophene rings is 1. The van der Waals surface area contributed by atoms with E-state index in [4.69, 9.17) is 8.85 Å². The molecule has 0 radical (unpaired) electrons. The Hall–Kier alpha value is -1.29. The third kappa shape index (κ3) is 10.9. The molecule has 1 heterocycles. The van der Waals surface area contributed by atoms with Gasteiger partial charge in [0.1, 0.15) is 0 Å². The third-order valence-corrected chi connectivity index (χ3v) is 20.1. The van der Waals surface area contributed by atoms with E-state index < -0.39 is 22.2 Å². The number of hydrogen-bond donors (Lipinski definition) is 1. The summed E-state index contributed by atoms with van der Waals surface area (Å²) in [4.78, 5) is 1.32. The van der Waals surface area contributed by atoms with Crippen molar-refractivity contribution in [2.75, 3.05) is 0 Å². The minimum Gasteiger partial charge on any atom is -0.413 e. The van der Waals surface area contributed by atoms with E-state index in [1.54, 1.807) is 0 Å². The van der Waals surface area contributed by atoms with Crippen LogP contribution in [0.15, 0.2) is 47.9 Å². The molecule has 0 unspecified atom stereocenters. The first-order valence-corrected chi connectivity index (χ1v) is 23.0. The maximum atomic E-state index is 10.6. The zero-order valence-corrected chi connectivity index (χ0v) is 32.6. The van der Waals surface area contributed by atoms with Crippen LogP contribution >= 0.6 is 11.3 Å². The summed E-state index contributed by atoms with van der Waals surface area (Å²) in [5, 5.41) is 13.2.